The van der Waals surface area contributed by atoms with Crippen molar-refractivity contribution in [2.45, 2.75) is 31.6 Å². The summed E-state index contributed by atoms with van der Waals surface area (Å²) in [6.45, 7) is 1.34. The number of carbonyl (C=O) groups is 2. The maximum atomic E-state index is 12.9. The summed E-state index contributed by atoms with van der Waals surface area (Å²) in [7, 11) is 0. The Labute approximate surface area is 199 Å². The fraction of sp³-hybridized carbons (Fsp3) is 0.280. The van der Waals surface area contributed by atoms with Crippen molar-refractivity contribution in [3.05, 3.63) is 87.6 Å². The van der Waals surface area contributed by atoms with Gasteiger partial charge in [-0.15, -0.1) is 11.3 Å². The van der Waals surface area contributed by atoms with Gasteiger partial charge in [0.1, 0.15) is 0 Å². The van der Waals surface area contributed by atoms with Crippen LogP contribution in [0.1, 0.15) is 44.0 Å². The van der Waals surface area contributed by atoms with Crippen LogP contribution in [-0.2, 0) is 12.7 Å². The summed E-state index contributed by atoms with van der Waals surface area (Å²) in [5, 5.41) is 7.67. The molecule has 34 heavy (non-hydrogen) atoms. The van der Waals surface area contributed by atoms with Crippen molar-refractivity contribution in [3.63, 3.8) is 0 Å². The molecule has 5 nitrogen and oxygen atoms in total. The molecule has 0 unspecified atom stereocenters. The molecule has 2 amide bonds. The Balaban J connectivity index is 1.36. The maximum Gasteiger partial charge on any atom is 0.416 e. The smallest absolute Gasteiger partial charge is 0.371 e. The van der Waals surface area contributed by atoms with E-state index in [1.807, 2.05) is 23.6 Å². The van der Waals surface area contributed by atoms with Crippen LogP contribution in [0, 0.1) is 0 Å². The zero-order valence-corrected chi connectivity index (χ0v) is 19.1. The first-order valence-corrected chi connectivity index (χ1v) is 11.8. The average molecular weight is 488 g/mol. The third kappa shape index (κ3) is 5.77. The van der Waals surface area contributed by atoms with Crippen molar-refractivity contribution >= 4 is 28.8 Å². The van der Waals surface area contributed by atoms with Gasteiger partial charge in [0.15, 0.2) is 0 Å². The predicted octanol–water partition coefficient (Wildman–Crippen LogP) is 5.10. The molecular weight excluding hydrogens is 463 g/mol. The molecule has 0 bridgehead atoms. The summed E-state index contributed by atoms with van der Waals surface area (Å²) < 4.78 is 38.8. The van der Waals surface area contributed by atoms with Crippen LogP contribution >= 0.6 is 11.3 Å². The second-order valence-corrected chi connectivity index (χ2v) is 9.06. The number of anilines is 1. The molecular formula is C25H24F3N3O2S. The maximum absolute atomic E-state index is 12.9. The number of nitrogens with zero attached hydrogens (tertiary/aromatic N) is 1. The van der Waals surface area contributed by atoms with E-state index < -0.39 is 11.7 Å². The van der Waals surface area contributed by atoms with Crippen LogP contribution in [0.5, 0.6) is 0 Å². The molecule has 4 rings (SSSR count). The van der Waals surface area contributed by atoms with Crippen molar-refractivity contribution in [3.8, 4) is 0 Å². The highest BCUT2D eigenvalue weighted by atomic mass is 32.1. The molecule has 2 heterocycles. The fourth-order valence-electron chi connectivity index (χ4n) is 4.01. The van der Waals surface area contributed by atoms with Gasteiger partial charge in [-0.3, -0.25) is 9.59 Å². The van der Waals surface area contributed by atoms with Crippen LogP contribution in [0.25, 0.3) is 0 Å². The molecule has 0 spiro atoms. The number of thiophene rings is 1. The summed E-state index contributed by atoms with van der Waals surface area (Å²) in [6.07, 6.45) is -2.93. The molecule has 1 fully saturated rings. The number of hydrogen-bond donors (Lipinski definition) is 2. The minimum atomic E-state index is -4.43. The number of nitrogens with one attached hydrogen (secondary N) is 2. The standard InChI is InChI=1S/C25H24F3N3O2S/c26-25(27,28)18-6-3-5-17(15-18)16-29-23(32)20-7-1-2-8-21(20)31-12-10-19(11-13-31)30-24(33)22-9-4-14-34-22/h1-9,14-15,19H,10-13,16H2,(H,29,32)(H,30,33). The van der Waals surface area contributed by atoms with Gasteiger partial charge in [0.25, 0.3) is 11.8 Å². The summed E-state index contributed by atoms with van der Waals surface area (Å²) in [4.78, 5) is 28.0. The van der Waals surface area contributed by atoms with Gasteiger partial charge in [-0.1, -0.05) is 30.3 Å². The van der Waals surface area contributed by atoms with E-state index >= 15 is 0 Å². The third-order valence-corrected chi connectivity index (χ3v) is 6.64. The lowest BCUT2D eigenvalue weighted by molar-refractivity contribution is -0.137. The van der Waals surface area contributed by atoms with E-state index in [4.69, 9.17) is 0 Å². The first kappa shape index (κ1) is 23.8. The number of benzene rings is 2. The van der Waals surface area contributed by atoms with Crippen LogP contribution in [0.3, 0.4) is 0 Å². The Bertz CT molecular complexity index is 1140. The molecule has 2 N–H and O–H groups in total. The average Bonchev–Trinajstić information content (AvgIpc) is 3.38. The number of alkyl halides is 3. The molecule has 9 heteroatoms. The molecule has 3 aromatic rings. The van der Waals surface area contributed by atoms with Crippen LogP contribution in [-0.4, -0.2) is 30.9 Å². The Morgan fingerprint density at radius 3 is 2.44 bits per heavy atom. The first-order chi connectivity index (χ1) is 16.3. The van der Waals surface area contributed by atoms with Gasteiger partial charge >= 0.3 is 6.18 Å². The summed E-state index contributed by atoms with van der Waals surface area (Å²) >= 11 is 1.40. The topological polar surface area (TPSA) is 61.4 Å². The largest absolute Gasteiger partial charge is 0.416 e. The molecule has 0 saturated carbocycles. The van der Waals surface area contributed by atoms with E-state index in [2.05, 4.69) is 15.5 Å². The highest BCUT2D eigenvalue weighted by Gasteiger charge is 2.30. The van der Waals surface area contributed by atoms with Crippen LogP contribution in [0.15, 0.2) is 66.0 Å². The number of para-hydroxylation sites is 1. The Morgan fingerprint density at radius 1 is 0.971 bits per heavy atom. The van der Waals surface area contributed by atoms with Crippen LogP contribution in [0.2, 0.25) is 0 Å². The molecule has 0 radical (unpaired) electrons. The minimum Gasteiger partial charge on any atom is -0.371 e. The van der Waals surface area contributed by atoms with E-state index in [1.54, 1.807) is 24.3 Å². The zero-order chi connectivity index (χ0) is 24.1. The predicted molar refractivity (Wildman–Crippen MR) is 126 cm³/mol. The van der Waals surface area contributed by atoms with E-state index in [0.29, 0.717) is 29.1 Å². The fourth-order valence-corrected chi connectivity index (χ4v) is 4.63. The van der Waals surface area contributed by atoms with Crippen molar-refractivity contribution < 1.29 is 22.8 Å². The second-order valence-electron chi connectivity index (χ2n) is 8.11. The number of amides is 2. The third-order valence-electron chi connectivity index (χ3n) is 5.77. The lowest BCUT2D eigenvalue weighted by atomic mass is 10.0. The Kier molecular flexibility index (Phi) is 7.21. The molecule has 178 valence electrons. The van der Waals surface area contributed by atoms with Gasteiger partial charge in [-0.05, 0) is 54.1 Å². The molecule has 0 atom stereocenters. The number of rotatable bonds is 6. The quantitative estimate of drug-likeness (QED) is 0.509. The molecule has 2 aromatic carbocycles. The summed E-state index contributed by atoms with van der Waals surface area (Å²) in [6, 6.07) is 15.8. The van der Waals surface area contributed by atoms with Gasteiger partial charge < -0.3 is 15.5 Å². The van der Waals surface area contributed by atoms with Crippen molar-refractivity contribution in [1.82, 2.24) is 10.6 Å². The van der Waals surface area contributed by atoms with E-state index in [-0.39, 0.29) is 24.4 Å². The van der Waals surface area contributed by atoms with Crippen molar-refractivity contribution in [1.29, 1.82) is 0 Å². The molecule has 1 aliphatic heterocycles. The van der Waals surface area contributed by atoms with Gasteiger partial charge in [-0.25, -0.2) is 0 Å². The summed E-state index contributed by atoms with van der Waals surface area (Å²) in [5.41, 5.74) is 0.874. The van der Waals surface area contributed by atoms with Crippen LogP contribution in [0.4, 0.5) is 18.9 Å². The normalized spacial score (nSPS) is 14.6. The molecule has 0 aliphatic carbocycles. The second kappa shape index (κ2) is 10.3. The van der Waals surface area contributed by atoms with Crippen LogP contribution < -0.4 is 15.5 Å². The minimum absolute atomic E-state index is 0.00604. The van der Waals surface area contributed by atoms with Gasteiger partial charge in [0, 0.05) is 31.4 Å². The Hall–Kier alpha value is -3.33. The van der Waals surface area contributed by atoms with E-state index in [0.717, 1.165) is 30.7 Å². The number of hydrogen-bond acceptors (Lipinski definition) is 4. The molecule has 1 saturated heterocycles. The monoisotopic (exact) mass is 487 g/mol. The summed E-state index contributed by atoms with van der Waals surface area (Å²) in [5.74, 6) is -0.413. The molecule has 1 aromatic heterocycles. The SMILES string of the molecule is O=C(NC1CCN(c2ccccc2C(=O)NCc2cccc(C(F)(F)F)c2)CC1)c1cccs1. The highest BCUT2D eigenvalue weighted by molar-refractivity contribution is 7.12. The lowest BCUT2D eigenvalue weighted by Gasteiger charge is -2.34. The molecule has 1 aliphatic rings. The van der Waals surface area contributed by atoms with Gasteiger partial charge in [0.2, 0.25) is 0 Å². The zero-order valence-electron chi connectivity index (χ0n) is 18.3. The van der Waals surface area contributed by atoms with Gasteiger partial charge in [0.05, 0.1) is 16.0 Å². The van der Waals surface area contributed by atoms with Crippen molar-refractivity contribution in [2.75, 3.05) is 18.0 Å². The first-order valence-electron chi connectivity index (χ1n) is 10.9. The number of piperidine rings is 1. The van der Waals surface area contributed by atoms with Crippen molar-refractivity contribution in [2.24, 2.45) is 0 Å². The number of halogens is 3. The van der Waals surface area contributed by atoms with Gasteiger partial charge in [-0.2, -0.15) is 13.2 Å². The van der Waals surface area contributed by atoms with E-state index in [9.17, 15) is 22.8 Å². The Morgan fingerprint density at radius 2 is 1.74 bits per heavy atom. The highest BCUT2D eigenvalue weighted by Crippen LogP contribution is 2.29. The number of carbonyl (C=O) groups excluding carboxylic acids is 2. The van der Waals surface area contributed by atoms with E-state index in [1.165, 1.54) is 17.4 Å². The lowest BCUT2D eigenvalue weighted by Crippen LogP contribution is -2.45.